The van der Waals surface area contributed by atoms with Gasteiger partial charge in [0.05, 0.1) is 6.20 Å². The summed E-state index contributed by atoms with van der Waals surface area (Å²) in [5, 5.41) is 3.68. The number of fused-ring (bicyclic) bond motifs is 1. The van der Waals surface area contributed by atoms with Gasteiger partial charge < -0.3 is 4.52 Å². The van der Waals surface area contributed by atoms with Gasteiger partial charge in [0.15, 0.2) is 5.76 Å². The molecule has 1 heterocycles. The Morgan fingerprint density at radius 1 is 1.56 bits per heavy atom. The minimum Gasteiger partial charge on any atom is -0.357 e. The maximum absolute atomic E-state index is 4.92. The van der Waals surface area contributed by atoms with E-state index < -0.39 is 0 Å². The molecule has 0 saturated heterocycles. The SMILES string of the molecule is C1=Cc2oncc2CC1. The van der Waals surface area contributed by atoms with Crippen LogP contribution in [0.4, 0.5) is 0 Å². The maximum atomic E-state index is 4.92. The van der Waals surface area contributed by atoms with Crippen LogP contribution in [-0.2, 0) is 6.42 Å². The summed E-state index contributed by atoms with van der Waals surface area (Å²) in [5.41, 5.74) is 1.23. The summed E-state index contributed by atoms with van der Waals surface area (Å²) in [7, 11) is 0. The van der Waals surface area contributed by atoms with E-state index in [0.717, 1.165) is 18.6 Å². The molecule has 0 N–H and O–H groups in total. The van der Waals surface area contributed by atoms with Crippen molar-refractivity contribution in [1.82, 2.24) is 5.16 Å². The summed E-state index contributed by atoms with van der Waals surface area (Å²) >= 11 is 0. The average molecular weight is 121 g/mol. The molecule has 0 aliphatic heterocycles. The Hall–Kier alpha value is -1.05. The molecule has 0 saturated carbocycles. The summed E-state index contributed by atoms with van der Waals surface area (Å²) in [6.07, 6.45) is 8.07. The van der Waals surface area contributed by atoms with Gasteiger partial charge in [0.25, 0.3) is 0 Å². The topological polar surface area (TPSA) is 26.0 Å². The minimum absolute atomic E-state index is 0.932. The van der Waals surface area contributed by atoms with Gasteiger partial charge in [-0.15, -0.1) is 0 Å². The van der Waals surface area contributed by atoms with Gasteiger partial charge in [0, 0.05) is 5.56 Å². The number of hydrogen-bond donors (Lipinski definition) is 0. The predicted molar refractivity (Wildman–Crippen MR) is 33.9 cm³/mol. The summed E-state index contributed by atoms with van der Waals surface area (Å²) in [6, 6.07) is 0. The molecule has 0 bridgehead atoms. The lowest BCUT2D eigenvalue weighted by atomic mass is 10.1. The molecule has 0 atom stereocenters. The first-order valence-corrected chi connectivity index (χ1v) is 3.07. The average Bonchev–Trinajstić information content (AvgIpc) is 2.33. The molecule has 0 spiro atoms. The van der Waals surface area contributed by atoms with Crippen molar-refractivity contribution >= 4 is 6.08 Å². The molecule has 9 heavy (non-hydrogen) atoms. The molecule has 46 valence electrons. The molecule has 1 aliphatic carbocycles. The fraction of sp³-hybridized carbons (Fsp3) is 0.286. The van der Waals surface area contributed by atoms with Crippen LogP contribution in [0.1, 0.15) is 17.7 Å². The molecule has 0 fully saturated rings. The van der Waals surface area contributed by atoms with E-state index in [1.807, 2.05) is 6.08 Å². The molecule has 1 aromatic heterocycles. The third kappa shape index (κ3) is 0.669. The standard InChI is InChI=1S/C7H7NO/c1-2-4-7-6(3-1)5-8-9-7/h2,4-5H,1,3H2. The Balaban J connectivity index is 2.53. The zero-order valence-corrected chi connectivity index (χ0v) is 5.00. The van der Waals surface area contributed by atoms with Crippen molar-refractivity contribution in [3.05, 3.63) is 23.6 Å². The van der Waals surface area contributed by atoms with Gasteiger partial charge in [-0.05, 0) is 18.9 Å². The Morgan fingerprint density at radius 2 is 2.56 bits per heavy atom. The van der Waals surface area contributed by atoms with Crippen LogP contribution in [0.3, 0.4) is 0 Å². The van der Waals surface area contributed by atoms with Crippen molar-refractivity contribution in [3.63, 3.8) is 0 Å². The summed E-state index contributed by atoms with van der Waals surface area (Å²) in [4.78, 5) is 0. The molecule has 0 amide bonds. The van der Waals surface area contributed by atoms with Crippen LogP contribution in [0.15, 0.2) is 16.8 Å². The van der Waals surface area contributed by atoms with Gasteiger partial charge >= 0.3 is 0 Å². The zero-order valence-electron chi connectivity index (χ0n) is 5.00. The maximum Gasteiger partial charge on any atom is 0.162 e. The number of rotatable bonds is 0. The van der Waals surface area contributed by atoms with Crippen molar-refractivity contribution < 1.29 is 4.52 Å². The first-order chi connectivity index (χ1) is 4.47. The molecule has 0 aromatic carbocycles. The normalized spacial score (nSPS) is 15.6. The number of nitrogens with zero attached hydrogens (tertiary/aromatic N) is 1. The summed E-state index contributed by atoms with van der Waals surface area (Å²) < 4.78 is 4.92. The van der Waals surface area contributed by atoms with E-state index in [4.69, 9.17) is 4.52 Å². The zero-order chi connectivity index (χ0) is 6.10. The first kappa shape index (κ1) is 4.79. The molecular weight excluding hydrogens is 114 g/mol. The van der Waals surface area contributed by atoms with E-state index in [1.165, 1.54) is 5.56 Å². The number of hydrogen-bond acceptors (Lipinski definition) is 2. The Morgan fingerprint density at radius 3 is 3.44 bits per heavy atom. The summed E-state index contributed by atoms with van der Waals surface area (Å²) in [6.45, 7) is 0. The highest BCUT2D eigenvalue weighted by atomic mass is 16.5. The third-order valence-corrected chi connectivity index (χ3v) is 1.53. The number of aryl methyl sites for hydroxylation is 1. The Kier molecular flexibility index (Phi) is 0.918. The lowest BCUT2D eigenvalue weighted by Gasteiger charge is -1.98. The largest absolute Gasteiger partial charge is 0.357 e. The molecule has 2 nitrogen and oxygen atoms in total. The van der Waals surface area contributed by atoms with Gasteiger partial charge in [-0.1, -0.05) is 11.2 Å². The predicted octanol–water partition coefficient (Wildman–Crippen LogP) is 1.63. The fourth-order valence-corrected chi connectivity index (χ4v) is 1.02. The van der Waals surface area contributed by atoms with Crippen LogP contribution in [0, 0.1) is 0 Å². The van der Waals surface area contributed by atoms with Crippen molar-refractivity contribution in [2.24, 2.45) is 0 Å². The van der Waals surface area contributed by atoms with Crippen LogP contribution in [0.25, 0.3) is 6.08 Å². The molecule has 0 radical (unpaired) electrons. The van der Waals surface area contributed by atoms with E-state index in [1.54, 1.807) is 6.20 Å². The highest BCUT2D eigenvalue weighted by Crippen LogP contribution is 2.17. The number of allylic oxidation sites excluding steroid dienone is 1. The molecule has 0 unspecified atom stereocenters. The molecule has 1 aromatic rings. The highest BCUT2D eigenvalue weighted by Gasteiger charge is 2.06. The van der Waals surface area contributed by atoms with Gasteiger partial charge in [0.2, 0.25) is 0 Å². The van der Waals surface area contributed by atoms with Crippen molar-refractivity contribution in [1.29, 1.82) is 0 Å². The second kappa shape index (κ2) is 1.72. The second-order valence-corrected chi connectivity index (χ2v) is 2.16. The smallest absolute Gasteiger partial charge is 0.162 e. The monoisotopic (exact) mass is 121 g/mol. The van der Waals surface area contributed by atoms with E-state index in [9.17, 15) is 0 Å². The van der Waals surface area contributed by atoms with Crippen LogP contribution in [0.5, 0.6) is 0 Å². The van der Waals surface area contributed by atoms with Crippen LogP contribution in [-0.4, -0.2) is 5.16 Å². The summed E-state index contributed by atoms with van der Waals surface area (Å²) in [5.74, 6) is 0.932. The van der Waals surface area contributed by atoms with Gasteiger partial charge in [-0.3, -0.25) is 0 Å². The fourth-order valence-electron chi connectivity index (χ4n) is 1.02. The Bertz CT molecular complexity index is 237. The van der Waals surface area contributed by atoms with E-state index in [0.29, 0.717) is 0 Å². The first-order valence-electron chi connectivity index (χ1n) is 3.07. The Labute approximate surface area is 53.2 Å². The molecular formula is C7H7NO. The lowest BCUT2D eigenvalue weighted by molar-refractivity contribution is 0.411. The van der Waals surface area contributed by atoms with Crippen LogP contribution in [0.2, 0.25) is 0 Å². The highest BCUT2D eigenvalue weighted by molar-refractivity contribution is 5.49. The van der Waals surface area contributed by atoms with Gasteiger partial charge in [-0.2, -0.15) is 0 Å². The van der Waals surface area contributed by atoms with E-state index in [-0.39, 0.29) is 0 Å². The van der Waals surface area contributed by atoms with E-state index in [2.05, 4.69) is 11.2 Å². The quantitative estimate of drug-likeness (QED) is 0.521. The van der Waals surface area contributed by atoms with E-state index >= 15 is 0 Å². The molecule has 2 heteroatoms. The molecule has 2 rings (SSSR count). The van der Waals surface area contributed by atoms with Crippen molar-refractivity contribution in [2.75, 3.05) is 0 Å². The second-order valence-electron chi connectivity index (χ2n) is 2.16. The lowest BCUT2D eigenvalue weighted by Crippen LogP contribution is -1.87. The van der Waals surface area contributed by atoms with Crippen molar-refractivity contribution in [3.8, 4) is 0 Å². The third-order valence-electron chi connectivity index (χ3n) is 1.53. The van der Waals surface area contributed by atoms with Gasteiger partial charge in [-0.25, -0.2) is 0 Å². The van der Waals surface area contributed by atoms with Crippen LogP contribution >= 0.6 is 0 Å². The molecule has 1 aliphatic rings. The van der Waals surface area contributed by atoms with Crippen molar-refractivity contribution in [2.45, 2.75) is 12.8 Å². The minimum atomic E-state index is 0.932. The van der Waals surface area contributed by atoms with Gasteiger partial charge in [0.1, 0.15) is 0 Å². The van der Waals surface area contributed by atoms with Crippen LogP contribution < -0.4 is 0 Å². The number of aromatic nitrogens is 1.